The maximum absolute atomic E-state index is 13.5. The van der Waals surface area contributed by atoms with Crippen molar-refractivity contribution in [2.75, 3.05) is 19.1 Å². The second-order valence-corrected chi connectivity index (χ2v) is 15.2. The fraction of sp³-hybridized carbons (Fsp3) is 0.154. The molecule has 2 amide bonds. The van der Waals surface area contributed by atoms with Crippen molar-refractivity contribution in [3.05, 3.63) is 144 Å². The number of carbonyl (C=O) groups is 3. The summed E-state index contributed by atoms with van der Waals surface area (Å²) in [5.74, 6) is -1.06. The van der Waals surface area contributed by atoms with E-state index in [0.29, 0.717) is 24.9 Å². The van der Waals surface area contributed by atoms with Gasteiger partial charge in [0, 0.05) is 23.9 Å². The van der Waals surface area contributed by atoms with Gasteiger partial charge in [-0.15, -0.1) is 0 Å². The summed E-state index contributed by atoms with van der Waals surface area (Å²) >= 11 is 0. The van der Waals surface area contributed by atoms with E-state index < -0.39 is 36.0 Å². The smallest absolute Gasteiger partial charge is 0.328 e. The Kier molecular flexibility index (Phi) is 13.5. The van der Waals surface area contributed by atoms with Gasteiger partial charge in [0.1, 0.15) is 16.8 Å². The lowest BCUT2D eigenvalue weighted by molar-refractivity contribution is -0.143. The fourth-order valence-electron chi connectivity index (χ4n) is 5.43. The number of benzene rings is 4. The molecule has 0 radical (unpaired) electrons. The zero-order valence-corrected chi connectivity index (χ0v) is 30.5. The van der Waals surface area contributed by atoms with Crippen LogP contribution in [0, 0.1) is 0 Å². The first-order valence-corrected chi connectivity index (χ1v) is 19.4. The van der Waals surface area contributed by atoms with Gasteiger partial charge < -0.3 is 15.4 Å². The number of nitrogens with zero attached hydrogens (tertiary/aromatic N) is 2. The van der Waals surface area contributed by atoms with Crippen LogP contribution in [0.4, 0.5) is 5.82 Å². The minimum Gasteiger partial charge on any atom is -0.467 e. The van der Waals surface area contributed by atoms with Gasteiger partial charge in [0.2, 0.25) is 0 Å². The monoisotopic (exact) mass is 751 g/mol. The van der Waals surface area contributed by atoms with E-state index in [9.17, 15) is 27.4 Å². The number of amides is 2. The molecule has 0 aliphatic rings. The van der Waals surface area contributed by atoms with Gasteiger partial charge in [0.15, 0.2) is 0 Å². The number of hydrogen-bond donors (Lipinski definition) is 4. The molecular formula is C39H38N5O7PS. The van der Waals surface area contributed by atoms with Crippen molar-refractivity contribution in [3.63, 3.8) is 0 Å². The van der Waals surface area contributed by atoms with Crippen molar-refractivity contribution in [2.24, 2.45) is 5.10 Å². The summed E-state index contributed by atoms with van der Waals surface area (Å²) in [5, 5.41) is 12.9. The third-order valence-corrected chi connectivity index (χ3v) is 11.4. The molecule has 12 nitrogen and oxygen atoms in total. The molecular weight excluding hydrogens is 713 g/mol. The van der Waals surface area contributed by atoms with E-state index in [4.69, 9.17) is 4.74 Å². The number of aromatic nitrogens is 1. The first kappa shape index (κ1) is 38.5. The van der Waals surface area contributed by atoms with Crippen molar-refractivity contribution in [2.45, 2.75) is 30.2 Å². The van der Waals surface area contributed by atoms with Crippen LogP contribution in [0.2, 0.25) is 0 Å². The molecule has 0 fully saturated rings. The molecule has 1 atom stereocenters. The van der Waals surface area contributed by atoms with Crippen molar-refractivity contribution >= 4 is 63.8 Å². The van der Waals surface area contributed by atoms with Crippen LogP contribution in [0.25, 0.3) is 0 Å². The van der Waals surface area contributed by atoms with Gasteiger partial charge in [0.25, 0.3) is 21.9 Å². The number of carbonyl (C=O) groups excluding carboxylic acids is 3. The highest BCUT2D eigenvalue weighted by atomic mass is 32.2. The Morgan fingerprint density at radius 3 is 2.11 bits per heavy atom. The van der Waals surface area contributed by atoms with Gasteiger partial charge in [-0.1, -0.05) is 97.1 Å². The fourth-order valence-corrected chi connectivity index (χ4v) is 8.55. The Morgan fingerprint density at radius 2 is 1.47 bits per heavy atom. The van der Waals surface area contributed by atoms with Crippen LogP contribution in [-0.4, -0.2) is 61.6 Å². The van der Waals surface area contributed by atoms with Gasteiger partial charge in [-0.05, 0) is 67.4 Å². The van der Waals surface area contributed by atoms with E-state index in [0.717, 1.165) is 15.9 Å². The van der Waals surface area contributed by atoms with Crippen LogP contribution in [0.1, 0.15) is 45.5 Å². The molecule has 1 heterocycles. The molecule has 4 aromatic carbocycles. The van der Waals surface area contributed by atoms with E-state index >= 15 is 0 Å². The average Bonchev–Trinajstić information content (AvgIpc) is 3.18. The van der Waals surface area contributed by atoms with Crippen molar-refractivity contribution in [3.8, 4) is 0 Å². The summed E-state index contributed by atoms with van der Waals surface area (Å²) in [7, 11) is -4.17. The zero-order valence-electron chi connectivity index (χ0n) is 28.8. The highest BCUT2D eigenvalue weighted by molar-refractivity contribution is 7.86. The van der Waals surface area contributed by atoms with Crippen LogP contribution in [-0.2, 0) is 19.6 Å². The molecule has 5 rings (SSSR count). The summed E-state index contributed by atoms with van der Waals surface area (Å²) in [4.78, 5) is 42.9. The molecule has 0 aliphatic heterocycles. The van der Waals surface area contributed by atoms with Crippen LogP contribution in [0.3, 0.4) is 0 Å². The predicted molar refractivity (Wildman–Crippen MR) is 206 cm³/mol. The Labute approximate surface area is 309 Å². The average molecular weight is 752 g/mol. The summed E-state index contributed by atoms with van der Waals surface area (Å²) < 4.78 is 37.5. The lowest BCUT2D eigenvalue weighted by Gasteiger charge is -2.22. The van der Waals surface area contributed by atoms with E-state index in [1.54, 1.807) is 6.07 Å². The van der Waals surface area contributed by atoms with Crippen LogP contribution in [0.5, 0.6) is 0 Å². The topological polar surface area (TPSA) is 176 Å². The molecule has 4 N–H and O–H groups in total. The Hall–Kier alpha value is -5.75. The number of unbranched alkanes of at least 4 members (excludes halogenated alkanes) is 1. The Bertz CT molecular complexity index is 2110. The number of ether oxygens (including phenoxy) is 1. The first-order valence-electron chi connectivity index (χ1n) is 16.6. The maximum Gasteiger partial charge on any atom is 0.328 e. The number of pyridine rings is 1. The number of esters is 1. The second-order valence-electron chi connectivity index (χ2n) is 11.6. The minimum atomic E-state index is -4.43. The number of hydrazone groups is 1. The number of hydrogen-bond acceptors (Lipinski definition) is 9. The first-order chi connectivity index (χ1) is 25.7. The van der Waals surface area contributed by atoms with E-state index in [1.807, 2.05) is 60.7 Å². The van der Waals surface area contributed by atoms with Crippen molar-refractivity contribution in [1.29, 1.82) is 0 Å². The largest absolute Gasteiger partial charge is 0.467 e. The predicted octanol–water partition coefficient (Wildman–Crippen LogP) is 4.40. The lowest BCUT2D eigenvalue weighted by Crippen LogP contribution is -2.41. The van der Waals surface area contributed by atoms with Gasteiger partial charge >= 0.3 is 5.97 Å². The maximum atomic E-state index is 13.5. The number of anilines is 1. The summed E-state index contributed by atoms with van der Waals surface area (Å²) in [6, 6.07) is 35.8. The molecule has 0 saturated carbocycles. The molecule has 0 bridgehead atoms. The number of methoxy groups -OCH3 is 1. The van der Waals surface area contributed by atoms with Gasteiger partial charge in [-0.25, -0.2) is 9.78 Å². The zero-order chi connectivity index (χ0) is 37.6. The van der Waals surface area contributed by atoms with Gasteiger partial charge in [0.05, 0.1) is 18.9 Å². The van der Waals surface area contributed by atoms with Gasteiger partial charge in [-0.3, -0.25) is 19.6 Å². The van der Waals surface area contributed by atoms with Crippen LogP contribution < -0.4 is 32.0 Å². The lowest BCUT2D eigenvalue weighted by atomic mass is 10.1. The highest BCUT2D eigenvalue weighted by Crippen LogP contribution is 2.34. The molecule has 0 saturated heterocycles. The molecule has 0 spiro atoms. The molecule has 5 aromatic rings. The van der Waals surface area contributed by atoms with Crippen LogP contribution >= 0.6 is 7.92 Å². The van der Waals surface area contributed by atoms with Crippen LogP contribution in [0.15, 0.2) is 138 Å². The summed E-state index contributed by atoms with van der Waals surface area (Å²) in [6.45, 7) is 0.367. The minimum absolute atomic E-state index is 0.163. The van der Waals surface area contributed by atoms with Crippen molar-refractivity contribution in [1.82, 2.24) is 15.6 Å². The third kappa shape index (κ3) is 10.6. The molecule has 14 heteroatoms. The number of nitrogens with one attached hydrogen (secondary N) is 3. The standard InChI is InChI=1S/C39H38N5O7PS/c1-51-39(47)33(43-37(45)29-23-24-36(41-26-29)44-42-27-28-14-8-11-22-35(28)53(48,49)50)20-12-13-25-40-38(46)32-19-9-10-21-34(32)52(30-15-4-2-5-16-30)31-17-6-3-7-18-31/h2-11,14-19,21-24,26-27,33H,12-13,20,25H2,1H3,(H,40,46)(H,41,44)(H,43,45)(H,48,49,50)/b42-27+. The van der Waals surface area contributed by atoms with E-state index in [1.165, 1.54) is 49.9 Å². The molecule has 1 aromatic heterocycles. The normalized spacial score (nSPS) is 11.9. The summed E-state index contributed by atoms with van der Waals surface area (Å²) in [5.41, 5.74) is 3.59. The van der Waals surface area contributed by atoms with E-state index in [-0.39, 0.29) is 34.2 Å². The summed E-state index contributed by atoms with van der Waals surface area (Å²) in [6.07, 6.45) is 3.86. The molecule has 53 heavy (non-hydrogen) atoms. The molecule has 0 aliphatic carbocycles. The Morgan fingerprint density at radius 1 is 0.830 bits per heavy atom. The van der Waals surface area contributed by atoms with Gasteiger partial charge in [-0.2, -0.15) is 13.5 Å². The number of rotatable bonds is 16. The molecule has 1 unspecified atom stereocenters. The van der Waals surface area contributed by atoms with E-state index in [2.05, 4.69) is 50.4 Å². The SMILES string of the molecule is COC(=O)C(CCCCNC(=O)c1ccccc1P(c1ccccc1)c1ccccc1)NC(=O)c1ccc(N/N=C/c2ccccc2S(=O)(=O)O)nc1. The highest BCUT2D eigenvalue weighted by Gasteiger charge is 2.24. The molecule has 272 valence electrons. The second kappa shape index (κ2) is 18.7. The Balaban J connectivity index is 1.14. The quantitative estimate of drug-likeness (QED) is 0.0284. The third-order valence-electron chi connectivity index (χ3n) is 8.02. The van der Waals surface area contributed by atoms with Crippen molar-refractivity contribution < 1.29 is 32.1 Å².